The number of carbonyl (C=O) groups excluding carboxylic acids is 1. The summed E-state index contributed by atoms with van der Waals surface area (Å²) < 4.78 is 7.26. The molecule has 3 aromatic rings. The van der Waals surface area contributed by atoms with Crippen LogP contribution in [0.25, 0.3) is 21.9 Å². The van der Waals surface area contributed by atoms with E-state index in [1.807, 2.05) is 52.5 Å². The zero-order chi connectivity index (χ0) is 22.0. The number of carbonyl (C=O) groups is 1. The van der Waals surface area contributed by atoms with Crippen LogP contribution >= 0.6 is 0 Å². The van der Waals surface area contributed by atoms with Crippen LogP contribution in [-0.2, 0) is 11.8 Å². The molecule has 4 rings (SSSR count). The van der Waals surface area contributed by atoms with Gasteiger partial charge < -0.3 is 9.64 Å². The van der Waals surface area contributed by atoms with Crippen molar-refractivity contribution >= 4 is 16.9 Å². The number of nitrogens with zero attached hydrogens (tertiary/aromatic N) is 4. The maximum absolute atomic E-state index is 12.2. The predicted octanol–water partition coefficient (Wildman–Crippen LogP) is 4.63. The molecule has 6 nitrogen and oxygen atoms in total. The quantitative estimate of drug-likeness (QED) is 0.543. The standard InChI is InChI=1S/C25H28N4O2/c1-25(2,3)31-24(30)29-11-9-18(10-12-29)5-8-23-14-21-13-19(6-7-20(21)15-26-23)22-16-27-28(4)17-22/h6-7,13-18H,9-12H2,1-4H3. The van der Waals surface area contributed by atoms with Crippen LogP contribution in [0.4, 0.5) is 4.79 Å². The summed E-state index contributed by atoms with van der Waals surface area (Å²) in [5.74, 6) is 6.86. The fraction of sp³-hybridized carbons (Fsp3) is 0.400. The molecule has 0 radical (unpaired) electrons. The molecule has 1 amide bonds. The second-order valence-corrected chi connectivity index (χ2v) is 9.05. The Hall–Kier alpha value is -3.33. The van der Waals surface area contributed by atoms with Crippen LogP contribution in [0.3, 0.4) is 0 Å². The molecular weight excluding hydrogens is 388 g/mol. The molecule has 0 atom stereocenters. The van der Waals surface area contributed by atoms with Gasteiger partial charge in [-0.2, -0.15) is 5.10 Å². The zero-order valence-corrected chi connectivity index (χ0v) is 18.6. The van der Waals surface area contributed by atoms with Gasteiger partial charge in [-0.05, 0) is 62.6 Å². The lowest BCUT2D eigenvalue weighted by Gasteiger charge is -2.31. The number of amides is 1. The van der Waals surface area contributed by atoms with Crippen molar-refractivity contribution in [3.8, 4) is 23.0 Å². The van der Waals surface area contributed by atoms with Crippen molar-refractivity contribution in [3.05, 3.63) is 48.5 Å². The first-order valence-corrected chi connectivity index (χ1v) is 10.7. The fourth-order valence-electron chi connectivity index (χ4n) is 3.67. The summed E-state index contributed by atoms with van der Waals surface area (Å²) in [5.41, 5.74) is 2.52. The first kappa shape index (κ1) is 20.9. The second-order valence-electron chi connectivity index (χ2n) is 9.05. The minimum atomic E-state index is -0.466. The van der Waals surface area contributed by atoms with Gasteiger partial charge in [-0.15, -0.1) is 0 Å². The van der Waals surface area contributed by atoms with Gasteiger partial charge in [0.05, 0.1) is 6.20 Å². The second kappa shape index (κ2) is 8.43. The first-order valence-electron chi connectivity index (χ1n) is 10.7. The van der Waals surface area contributed by atoms with Gasteiger partial charge in [-0.3, -0.25) is 4.68 Å². The Labute approximate surface area is 183 Å². The molecular formula is C25H28N4O2. The number of pyridine rings is 1. The van der Waals surface area contributed by atoms with E-state index in [0.29, 0.717) is 13.1 Å². The molecule has 2 aromatic heterocycles. The zero-order valence-electron chi connectivity index (χ0n) is 18.6. The molecule has 6 heteroatoms. The van der Waals surface area contributed by atoms with E-state index in [-0.39, 0.29) is 12.0 Å². The molecule has 1 aliphatic heterocycles. The Balaban J connectivity index is 1.43. The Kier molecular flexibility index (Phi) is 5.69. The Bertz CT molecular complexity index is 1160. The number of piperidine rings is 1. The monoisotopic (exact) mass is 416 g/mol. The molecule has 0 saturated carbocycles. The Morgan fingerprint density at radius 2 is 1.87 bits per heavy atom. The van der Waals surface area contributed by atoms with Gasteiger partial charge >= 0.3 is 6.09 Å². The third-order valence-electron chi connectivity index (χ3n) is 5.31. The highest BCUT2D eigenvalue weighted by molar-refractivity contribution is 5.87. The van der Waals surface area contributed by atoms with Gasteiger partial charge in [0.15, 0.2) is 0 Å². The number of aromatic nitrogens is 3. The predicted molar refractivity (Wildman–Crippen MR) is 121 cm³/mol. The molecule has 0 aliphatic carbocycles. The van der Waals surface area contributed by atoms with Gasteiger partial charge in [0.25, 0.3) is 0 Å². The van der Waals surface area contributed by atoms with Gasteiger partial charge in [-0.1, -0.05) is 18.1 Å². The topological polar surface area (TPSA) is 60.2 Å². The minimum absolute atomic E-state index is 0.237. The first-order chi connectivity index (χ1) is 14.8. The molecule has 160 valence electrons. The minimum Gasteiger partial charge on any atom is -0.444 e. The molecule has 0 N–H and O–H groups in total. The van der Waals surface area contributed by atoms with Gasteiger partial charge in [0.2, 0.25) is 0 Å². The smallest absolute Gasteiger partial charge is 0.410 e. The molecule has 3 heterocycles. The fourth-order valence-corrected chi connectivity index (χ4v) is 3.67. The van der Waals surface area contributed by atoms with Gasteiger partial charge in [0, 0.05) is 49.4 Å². The van der Waals surface area contributed by atoms with Crippen molar-refractivity contribution < 1.29 is 9.53 Å². The molecule has 1 fully saturated rings. The lowest BCUT2D eigenvalue weighted by Crippen LogP contribution is -2.41. The highest BCUT2D eigenvalue weighted by atomic mass is 16.6. The maximum Gasteiger partial charge on any atom is 0.410 e. The largest absolute Gasteiger partial charge is 0.444 e. The summed E-state index contributed by atoms with van der Waals surface area (Å²) in [4.78, 5) is 18.5. The van der Waals surface area contributed by atoms with Gasteiger partial charge in [-0.25, -0.2) is 9.78 Å². The number of rotatable bonds is 1. The van der Waals surface area contributed by atoms with E-state index in [1.54, 1.807) is 9.58 Å². The van der Waals surface area contributed by atoms with Crippen LogP contribution < -0.4 is 0 Å². The molecule has 1 aromatic carbocycles. The number of fused-ring (bicyclic) bond motifs is 1. The molecule has 0 spiro atoms. The number of likely N-dealkylation sites (tertiary alicyclic amines) is 1. The number of ether oxygens (including phenoxy) is 1. The van der Waals surface area contributed by atoms with E-state index in [0.717, 1.165) is 40.4 Å². The third-order valence-corrected chi connectivity index (χ3v) is 5.31. The lowest BCUT2D eigenvalue weighted by atomic mass is 9.97. The van der Waals surface area contributed by atoms with Crippen LogP contribution in [-0.4, -0.2) is 44.4 Å². The molecule has 31 heavy (non-hydrogen) atoms. The summed E-state index contributed by atoms with van der Waals surface area (Å²) in [7, 11) is 1.92. The van der Waals surface area contributed by atoms with Crippen molar-refractivity contribution in [1.29, 1.82) is 0 Å². The highest BCUT2D eigenvalue weighted by Crippen LogP contribution is 2.24. The van der Waals surface area contributed by atoms with Crippen molar-refractivity contribution in [2.75, 3.05) is 13.1 Å². The summed E-state index contributed by atoms with van der Waals surface area (Å²) in [6.45, 7) is 7.01. The van der Waals surface area contributed by atoms with Crippen LogP contribution in [0.2, 0.25) is 0 Å². The molecule has 1 saturated heterocycles. The van der Waals surface area contributed by atoms with Crippen LogP contribution in [0.1, 0.15) is 39.3 Å². The summed E-state index contributed by atoms with van der Waals surface area (Å²) in [6, 6.07) is 8.36. The third kappa shape index (κ3) is 5.24. The van der Waals surface area contributed by atoms with Crippen LogP contribution in [0.15, 0.2) is 42.9 Å². The van der Waals surface area contributed by atoms with E-state index in [4.69, 9.17) is 4.74 Å². The molecule has 0 unspecified atom stereocenters. The van der Waals surface area contributed by atoms with Crippen molar-refractivity contribution in [1.82, 2.24) is 19.7 Å². The maximum atomic E-state index is 12.2. The van der Waals surface area contributed by atoms with E-state index < -0.39 is 5.60 Å². The summed E-state index contributed by atoms with van der Waals surface area (Å²) >= 11 is 0. The van der Waals surface area contributed by atoms with E-state index in [1.165, 1.54) is 0 Å². The van der Waals surface area contributed by atoms with Crippen molar-refractivity contribution in [3.63, 3.8) is 0 Å². The van der Waals surface area contributed by atoms with Crippen molar-refractivity contribution in [2.24, 2.45) is 13.0 Å². The number of benzene rings is 1. The molecule has 0 bridgehead atoms. The average Bonchev–Trinajstić information content (AvgIpc) is 3.17. The number of hydrogen-bond donors (Lipinski definition) is 0. The van der Waals surface area contributed by atoms with Crippen LogP contribution in [0.5, 0.6) is 0 Å². The number of aryl methyl sites for hydroxylation is 1. The normalized spacial score (nSPS) is 14.9. The van der Waals surface area contributed by atoms with Gasteiger partial charge in [0.1, 0.15) is 11.3 Å². The van der Waals surface area contributed by atoms with Crippen LogP contribution in [0, 0.1) is 17.8 Å². The molecule has 1 aliphatic rings. The Morgan fingerprint density at radius 1 is 1.10 bits per heavy atom. The number of hydrogen-bond acceptors (Lipinski definition) is 4. The van der Waals surface area contributed by atoms with Crippen molar-refractivity contribution in [2.45, 2.75) is 39.2 Å². The summed E-state index contributed by atoms with van der Waals surface area (Å²) in [6.07, 6.45) is 7.21. The van der Waals surface area contributed by atoms with E-state index in [2.05, 4.69) is 40.1 Å². The average molecular weight is 417 g/mol. The summed E-state index contributed by atoms with van der Waals surface area (Å²) in [5, 5.41) is 6.45. The lowest BCUT2D eigenvalue weighted by molar-refractivity contribution is 0.0199. The highest BCUT2D eigenvalue weighted by Gasteiger charge is 2.26. The van der Waals surface area contributed by atoms with E-state index in [9.17, 15) is 4.79 Å². The SMILES string of the molecule is Cn1cc(-c2ccc3cnc(C#CC4CCN(C(=O)OC(C)(C)C)CC4)cc3c2)cn1. The van der Waals surface area contributed by atoms with E-state index >= 15 is 0 Å². The Morgan fingerprint density at radius 3 is 2.55 bits per heavy atom.